The van der Waals surface area contributed by atoms with E-state index in [1.165, 1.54) is 103 Å². The van der Waals surface area contributed by atoms with Gasteiger partial charge in [0.15, 0.2) is 0 Å². The number of hydrogen-bond donors (Lipinski definition) is 0. The Balaban J connectivity index is 1.12. The predicted octanol–water partition coefficient (Wildman–Crippen LogP) is 11.2. The molecule has 0 fully saturated rings. The summed E-state index contributed by atoms with van der Waals surface area (Å²) >= 11 is 0. The molecule has 0 atom stereocenters. The minimum absolute atomic E-state index is 0.187. The Labute approximate surface area is 258 Å². The first-order valence-corrected chi connectivity index (χ1v) is 17.5. The maximum Gasteiger partial charge on any atom is -0.0129 e. The van der Waals surface area contributed by atoms with Crippen molar-refractivity contribution < 1.29 is 0 Å². The van der Waals surface area contributed by atoms with Gasteiger partial charge in [0.25, 0.3) is 0 Å². The Morgan fingerprint density at radius 2 is 0.762 bits per heavy atom. The topological polar surface area (TPSA) is 0 Å². The fourth-order valence-electron chi connectivity index (χ4n) is 7.30. The molecule has 0 aromatic heterocycles. The highest BCUT2D eigenvalue weighted by atomic mass is 14.3. The van der Waals surface area contributed by atoms with Gasteiger partial charge in [-0.15, -0.1) is 0 Å². The van der Waals surface area contributed by atoms with Crippen LogP contribution in [0.2, 0.25) is 0 Å². The highest BCUT2D eigenvalue weighted by Gasteiger charge is 2.24. The Morgan fingerprint density at radius 3 is 1.07 bits per heavy atom. The number of rotatable bonds is 14. The molecule has 0 aliphatic heterocycles. The van der Waals surface area contributed by atoms with Crippen molar-refractivity contribution in [3.8, 4) is 0 Å². The molecule has 0 saturated carbocycles. The van der Waals surface area contributed by atoms with Crippen LogP contribution in [0.1, 0.15) is 149 Å². The van der Waals surface area contributed by atoms with Crippen LogP contribution < -0.4 is 0 Å². The Kier molecular flexibility index (Phi) is 10.0. The molecule has 5 rings (SSSR count). The summed E-state index contributed by atoms with van der Waals surface area (Å²) in [6.07, 6.45) is 20.7. The molecule has 0 heterocycles. The van der Waals surface area contributed by atoms with E-state index in [4.69, 9.17) is 0 Å². The molecule has 0 heteroatoms. The van der Waals surface area contributed by atoms with E-state index in [2.05, 4.69) is 90.1 Å². The Hall–Kier alpha value is -2.34. The minimum Gasteiger partial charge on any atom is -0.0588 e. The van der Waals surface area contributed by atoms with Crippen LogP contribution in [0.4, 0.5) is 0 Å². The predicted molar refractivity (Wildman–Crippen MR) is 183 cm³/mol. The Bertz CT molecular complexity index is 1230. The van der Waals surface area contributed by atoms with E-state index in [1.807, 2.05) is 0 Å². The normalized spacial score (nSPS) is 14.2. The van der Waals surface area contributed by atoms with E-state index in [1.54, 1.807) is 55.6 Å². The van der Waals surface area contributed by atoms with E-state index >= 15 is 0 Å². The second-order valence-electron chi connectivity index (χ2n) is 15.7. The van der Waals surface area contributed by atoms with Gasteiger partial charge < -0.3 is 0 Å². The van der Waals surface area contributed by atoms with Crippen LogP contribution in [-0.4, -0.2) is 0 Å². The lowest BCUT2D eigenvalue weighted by molar-refractivity contribution is 0.554. The van der Waals surface area contributed by atoms with Crippen LogP contribution in [0.5, 0.6) is 0 Å². The number of benzene rings is 3. The van der Waals surface area contributed by atoms with Gasteiger partial charge in [-0.05, 0) is 144 Å². The van der Waals surface area contributed by atoms with Gasteiger partial charge in [0.05, 0.1) is 0 Å². The molecule has 2 aliphatic rings. The second kappa shape index (κ2) is 13.5. The van der Waals surface area contributed by atoms with Crippen LogP contribution in [0.3, 0.4) is 0 Å². The number of fused-ring (bicyclic) bond motifs is 2. The van der Waals surface area contributed by atoms with Crippen molar-refractivity contribution in [3.63, 3.8) is 0 Å². The maximum atomic E-state index is 2.63. The van der Waals surface area contributed by atoms with Gasteiger partial charge in [0.2, 0.25) is 0 Å². The molecule has 3 aromatic carbocycles. The van der Waals surface area contributed by atoms with E-state index in [9.17, 15) is 0 Å². The van der Waals surface area contributed by atoms with Gasteiger partial charge in [-0.25, -0.2) is 0 Å². The highest BCUT2D eigenvalue weighted by Crippen LogP contribution is 2.36. The van der Waals surface area contributed by atoms with Crippen LogP contribution in [0, 0.1) is 0 Å². The van der Waals surface area contributed by atoms with Gasteiger partial charge >= 0.3 is 0 Å². The first kappa shape index (κ1) is 31.1. The van der Waals surface area contributed by atoms with Gasteiger partial charge in [0, 0.05) is 0 Å². The average molecular weight is 563 g/mol. The molecule has 42 heavy (non-hydrogen) atoms. The quantitative estimate of drug-likeness (QED) is 0.171. The lowest BCUT2D eigenvalue weighted by Crippen LogP contribution is -2.20. The van der Waals surface area contributed by atoms with Gasteiger partial charge in [-0.3, -0.25) is 0 Å². The molecule has 0 amide bonds. The van der Waals surface area contributed by atoms with E-state index in [-0.39, 0.29) is 10.8 Å². The monoisotopic (exact) mass is 562 g/mol. The third kappa shape index (κ3) is 7.98. The lowest BCUT2D eigenvalue weighted by atomic mass is 9.75. The third-order valence-electron chi connectivity index (χ3n) is 10.1. The summed E-state index contributed by atoms with van der Waals surface area (Å²) in [6.45, 7) is 14.5. The minimum atomic E-state index is 0.187. The van der Waals surface area contributed by atoms with Crippen LogP contribution in [0.15, 0.2) is 48.5 Å². The fourth-order valence-corrected chi connectivity index (χ4v) is 7.30. The zero-order valence-corrected chi connectivity index (χ0v) is 27.9. The third-order valence-corrected chi connectivity index (χ3v) is 10.1. The number of aryl methyl sites for hydroxylation is 8. The van der Waals surface area contributed by atoms with Gasteiger partial charge in [-0.2, -0.15) is 0 Å². The lowest BCUT2D eigenvalue weighted by Gasteiger charge is -2.30. The fraction of sp³-hybridized carbons (Fsp3) is 0.571. The largest absolute Gasteiger partial charge is 0.0588 e. The second-order valence-corrected chi connectivity index (χ2v) is 15.7. The zero-order chi connectivity index (χ0) is 29.7. The highest BCUT2D eigenvalue weighted by molar-refractivity contribution is 5.45. The standard InChI is InChI=1S/C42H58/c1-41(2,3)39-29-38(18-14-10-8-12-16-32-20-22-34-24-26-36(34)28-32)40(42(4,5)6)30-37(39)17-13-9-7-11-15-31-19-21-33-23-25-35(33)27-31/h19-22,27-30H,7-18,23-26H2,1-6H3. The first-order chi connectivity index (χ1) is 20.1. The van der Waals surface area contributed by atoms with Crippen molar-refractivity contribution in [1.82, 2.24) is 0 Å². The summed E-state index contributed by atoms with van der Waals surface area (Å²) < 4.78 is 0. The molecule has 0 unspecified atom stereocenters. The van der Waals surface area contributed by atoms with Crippen molar-refractivity contribution in [3.05, 3.63) is 104 Å². The van der Waals surface area contributed by atoms with Crippen LogP contribution in [-0.2, 0) is 62.2 Å². The first-order valence-electron chi connectivity index (χ1n) is 17.5. The molecule has 226 valence electrons. The summed E-state index contributed by atoms with van der Waals surface area (Å²) in [5.74, 6) is 0. The molecule has 0 N–H and O–H groups in total. The average Bonchev–Trinajstić information content (AvgIpc) is 2.89. The molecular formula is C42H58. The number of hydrogen-bond acceptors (Lipinski definition) is 0. The van der Waals surface area contributed by atoms with Gasteiger partial charge in [-0.1, -0.05) is 116 Å². The van der Waals surface area contributed by atoms with E-state index < -0.39 is 0 Å². The SMILES string of the molecule is CC(C)(C)c1cc(CCCCCCc2ccc3c(c2)CC3)c(C(C)(C)C)cc1CCCCCCc1ccc2c(c1)CC2. The molecule has 0 bridgehead atoms. The summed E-state index contributed by atoms with van der Waals surface area (Å²) in [4.78, 5) is 0. The smallest absolute Gasteiger partial charge is 0.0129 e. The maximum absolute atomic E-state index is 2.63. The van der Waals surface area contributed by atoms with E-state index in [0.29, 0.717) is 0 Å². The summed E-state index contributed by atoms with van der Waals surface area (Å²) in [6, 6.07) is 19.7. The molecule has 0 nitrogen and oxygen atoms in total. The zero-order valence-electron chi connectivity index (χ0n) is 27.9. The van der Waals surface area contributed by atoms with Crippen molar-refractivity contribution in [2.45, 2.75) is 155 Å². The summed E-state index contributed by atoms with van der Waals surface area (Å²) in [5, 5.41) is 0. The molecule has 3 aromatic rings. The molecule has 2 aliphatic carbocycles. The summed E-state index contributed by atoms with van der Waals surface area (Å²) in [5.41, 5.74) is 16.3. The Morgan fingerprint density at radius 1 is 0.405 bits per heavy atom. The van der Waals surface area contributed by atoms with Crippen molar-refractivity contribution in [2.75, 3.05) is 0 Å². The molecule has 0 spiro atoms. The summed E-state index contributed by atoms with van der Waals surface area (Å²) in [7, 11) is 0. The van der Waals surface area contributed by atoms with Crippen LogP contribution in [0.25, 0.3) is 0 Å². The van der Waals surface area contributed by atoms with E-state index in [0.717, 1.165) is 0 Å². The van der Waals surface area contributed by atoms with Crippen molar-refractivity contribution in [2.24, 2.45) is 0 Å². The van der Waals surface area contributed by atoms with Gasteiger partial charge in [0.1, 0.15) is 0 Å². The number of unbranched alkanes of at least 4 members (excludes halogenated alkanes) is 6. The molecule has 0 radical (unpaired) electrons. The molecule has 0 saturated heterocycles. The van der Waals surface area contributed by atoms with Crippen molar-refractivity contribution in [1.29, 1.82) is 0 Å². The van der Waals surface area contributed by atoms with Crippen molar-refractivity contribution >= 4 is 0 Å². The molecular weight excluding hydrogens is 504 g/mol. The van der Waals surface area contributed by atoms with Crippen LogP contribution >= 0.6 is 0 Å².